The van der Waals surface area contributed by atoms with Crippen LogP contribution >= 0.6 is 0 Å². The molecule has 1 aliphatic rings. The van der Waals surface area contributed by atoms with Gasteiger partial charge in [-0.25, -0.2) is 14.4 Å². The molecule has 158 valence electrons. The minimum absolute atomic E-state index is 0.292. The van der Waals surface area contributed by atoms with Gasteiger partial charge in [0, 0.05) is 47.5 Å². The molecule has 0 saturated carbocycles. The van der Waals surface area contributed by atoms with Gasteiger partial charge in [-0.05, 0) is 44.4 Å². The van der Waals surface area contributed by atoms with Crippen LogP contribution < -0.4 is 10.6 Å². The van der Waals surface area contributed by atoms with Crippen LogP contribution in [0.4, 0.5) is 10.2 Å². The van der Waals surface area contributed by atoms with E-state index in [-0.39, 0.29) is 5.54 Å². The molecule has 6 nitrogen and oxygen atoms in total. The zero-order valence-corrected chi connectivity index (χ0v) is 17.7. The van der Waals surface area contributed by atoms with Gasteiger partial charge in [-0.3, -0.25) is 4.98 Å². The second-order valence-corrected chi connectivity index (χ2v) is 8.45. The molecule has 1 aliphatic heterocycles. The van der Waals surface area contributed by atoms with Crippen LogP contribution in [0.1, 0.15) is 30.7 Å². The molecular formula is C24H25FN6. The third-order valence-corrected chi connectivity index (χ3v) is 5.87. The molecule has 3 aromatic heterocycles. The number of H-pyrrole nitrogens is 1. The molecule has 3 N–H and O–H groups in total. The first-order chi connectivity index (χ1) is 15.0. The molecule has 0 bridgehead atoms. The Balaban J connectivity index is 1.47. The van der Waals surface area contributed by atoms with E-state index in [2.05, 4.69) is 58.8 Å². The lowest BCUT2D eigenvalue weighted by Gasteiger charge is -2.34. The van der Waals surface area contributed by atoms with Crippen molar-refractivity contribution in [2.24, 2.45) is 0 Å². The van der Waals surface area contributed by atoms with Crippen molar-refractivity contribution in [1.82, 2.24) is 25.3 Å². The highest BCUT2D eigenvalue weighted by molar-refractivity contribution is 5.83. The molecule has 0 saturated heterocycles. The number of fused-ring (bicyclic) bond motifs is 2. The van der Waals surface area contributed by atoms with Crippen molar-refractivity contribution in [2.45, 2.75) is 32.2 Å². The number of nitrogens with one attached hydrogen (secondary N) is 3. The fourth-order valence-electron chi connectivity index (χ4n) is 4.28. The van der Waals surface area contributed by atoms with E-state index in [4.69, 9.17) is 9.97 Å². The minimum Gasteiger partial charge on any atom is -0.369 e. The van der Waals surface area contributed by atoms with Gasteiger partial charge < -0.3 is 15.6 Å². The molecule has 0 fully saturated rings. The number of hydrogen-bond acceptors (Lipinski definition) is 5. The van der Waals surface area contributed by atoms with Crippen molar-refractivity contribution in [1.29, 1.82) is 0 Å². The summed E-state index contributed by atoms with van der Waals surface area (Å²) in [6.45, 7) is 5.82. The Kier molecular flexibility index (Phi) is 4.90. The lowest BCUT2D eigenvalue weighted by molar-refractivity contribution is 0.370. The van der Waals surface area contributed by atoms with Gasteiger partial charge in [-0.1, -0.05) is 18.2 Å². The maximum Gasteiger partial charge on any atom is 0.163 e. The van der Waals surface area contributed by atoms with Crippen LogP contribution in [0.2, 0.25) is 0 Å². The molecule has 0 amide bonds. The van der Waals surface area contributed by atoms with E-state index in [1.54, 1.807) is 6.20 Å². The molecule has 1 aromatic carbocycles. The highest BCUT2D eigenvalue weighted by atomic mass is 19.1. The Hall–Kier alpha value is -3.32. The number of pyridine rings is 1. The first-order valence-electron chi connectivity index (χ1n) is 10.6. The van der Waals surface area contributed by atoms with Gasteiger partial charge in [0.15, 0.2) is 5.82 Å². The number of nitrogens with zero attached hydrogens (tertiary/aromatic N) is 3. The maximum absolute atomic E-state index is 13.8. The summed E-state index contributed by atoms with van der Waals surface area (Å²) < 4.78 is 13.8. The van der Waals surface area contributed by atoms with E-state index in [9.17, 15) is 4.39 Å². The Labute approximate surface area is 180 Å². The number of aromatic amines is 1. The van der Waals surface area contributed by atoms with Crippen LogP contribution in [0.5, 0.6) is 0 Å². The Morgan fingerprint density at radius 3 is 2.90 bits per heavy atom. The summed E-state index contributed by atoms with van der Waals surface area (Å²) in [5, 5.41) is 8.29. The fraction of sp³-hybridized carbons (Fsp3) is 0.292. The summed E-state index contributed by atoms with van der Waals surface area (Å²) in [6, 6.07) is 9.74. The second-order valence-electron chi connectivity index (χ2n) is 8.45. The van der Waals surface area contributed by atoms with E-state index in [1.165, 1.54) is 23.2 Å². The number of para-hydroxylation sites is 1. The Morgan fingerprint density at radius 2 is 2.03 bits per heavy atom. The minimum atomic E-state index is -0.398. The number of benzene rings is 1. The zero-order valence-electron chi connectivity index (χ0n) is 17.7. The smallest absolute Gasteiger partial charge is 0.163 e. The maximum atomic E-state index is 13.8. The van der Waals surface area contributed by atoms with Crippen LogP contribution in [-0.4, -0.2) is 33.0 Å². The van der Waals surface area contributed by atoms with Crippen molar-refractivity contribution in [2.75, 3.05) is 18.4 Å². The van der Waals surface area contributed by atoms with Crippen molar-refractivity contribution in [3.63, 3.8) is 0 Å². The summed E-state index contributed by atoms with van der Waals surface area (Å²) in [7, 11) is 0. The topological polar surface area (TPSA) is 78.5 Å². The van der Waals surface area contributed by atoms with E-state index < -0.39 is 5.82 Å². The molecule has 31 heavy (non-hydrogen) atoms. The van der Waals surface area contributed by atoms with E-state index in [1.807, 2.05) is 6.07 Å². The van der Waals surface area contributed by atoms with Crippen LogP contribution in [0.3, 0.4) is 0 Å². The van der Waals surface area contributed by atoms with Gasteiger partial charge >= 0.3 is 0 Å². The lowest BCUT2D eigenvalue weighted by atomic mass is 9.90. The molecular weight excluding hydrogens is 391 g/mol. The van der Waals surface area contributed by atoms with E-state index in [0.29, 0.717) is 11.4 Å². The number of hydrogen-bond donors (Lipinski definition) is 3. The monoisotopic (exact) mass is 416 g/mol. The molecule has 0 aliphatic carbocycles. The molecule has 4 aromatic rings. The SMILES string of the molecule is CC1(C)NCCc2c(NCCc3c[nH]c4ccccc34)nc(-c3cncc(F)c3)nc21. The van der Waals surface area contributed by atoms with Crippen molar-refractivity contribution in [3.05, 3.63) is 71.6 Å². The molecule has 0 unspecified atom stereocenters. The molecule has 0 radical (unpaired) electrons. The van der Waals surface area contributed by atoms with Gasteiger partial charge in [0.2, 0.25) is 0 Å². The second kappa shape index (κ2) is 7.74. The van der Waals surface area contributed by atoms with E-state index in [0.717, 1.165) is 48.5 Å². The van der Waals surface area contributed by atoms with Crippen molar-refractivity contribution >= 4 is 16.7 Å². The van der Waals surface area contributed by atoms with Gasteiger partial charge in [-0.2, -0.15) is 0 Å². The van der Waals surface area contributed by atoms with Gasteiger partial charge in [-0.15, -0.1) is 0 Å². The van der Waals surface area contributed by atoms with Crippen molar-refractivity contribution < 1.29 is 4.39 Å². The van der Waals surface area contributed by atoms with Crippen molar-refractivity contribution in [3.8, 4) is 11.4 Å². The standard InChI is InChI=1S/C24H25FN6/c1-24(2)21-19(8-10-29-24)23(31-22(30-21)16-11-17(25)14-26-12-16)27-9-7-15-13-28-20-6-4-3-5-18(15)20/h3-6,11-14,28-29H,7-10H2,1-2H3,(H,27,30,31). The average molecular weight is 417 g/mol. The Bertz CT molecular complexity index is 1250. The third kappa shape index (κ3) is 3.77. The fourth-order valence-corrected chi connectivity index (χ4v) is 4.28. The quantitative estimate of drug-likeness (QED) is 0.455. The van der Waals surface area contributed by atoms with Gasteiger partial charge in [0.1, 0.15) is 11.6 Å². The van der Waals surface area contributed by atoms with Crippen LogP contribution in [-0.2, 0) is 18.4 Å². The molecule has 0 atom stereocenters. The summed E-state index contributed by atoms with van der Waals surface area (Å²) in [5.41, 5.74) is 4.76. The Morgan fingerprint density at radius 1 is 1.16 bits per heavy atom. The summed E-state index contributed by atoms with van der Waals surface area (Å²) in [5.74, 6) is 0.904. The normalized spacial score (nSPS) is 15.1. The number of anilines is 1. The van der Waals surface area contributed by atoms with Crippen LogP contribution in [0.15, 0.2) is 48.9 Å². The van der Waals surface area contributed by atoms with Crippen LogP contribution in [0.25, 0.3) is 22.3 Å². The largest absolute Gasteiger partial charge is 0.369 e. The van der Waals surface area contributed by atoms with Gasteiger partial charge in [0.05, 0.1) is 17.4 Å². The summed E-state index contributed by atoms with van der Waals surface area (Å²) in [4.78, 5) is 16.9. The van der Waals surface area contributed by atoms with Gasteiger partial charge in [0.25, 0.3) is 0 Å². The zero-order chi connectivity index (χ0) is 21.4. The third-order valence-electron chi connectivity index (χ3n) is 5.87. The summed E-state index contributed by atoms with van der Waals surface area (Å²) >= 11 is 0. The lowest BCUT2D eigenvalue weighted by Crippen LogP contribution is -2.44. The predicted octanol–water partition coefficient (Wildman–Crippen LogP) is 4.19. The first kappa shape index (κ1) is 19.6. The number of rotatable bonds is 5. The molecule has 5 rings (SSSR count). The highest BCUT2D eigenvalue weighted by Gasteiger charge is 2.31. The van der Waals surface area contributed by atoms with E-state index >= 15 is 0 Å². The first-order valence-corrected chi connectivity index (χ1v) is 10.6. The molecule has 0 spiro atoms. The van der Waals surface area contributed by atoms with Crippen LogP contribution in [0, 0.1) is 5.82 Å². The molecule has 4 heterocycles. The number of halogens is 1. The summed E-state index contributed by atoms with van der Waals surface area (Å²) in [6.07, 6.45) is 6.56. The highest BCUT2D eigenvalue weighted by Crippen LogP contribution is 2.32. The number of aromatic nitrogens is 4. The average Bonchev–Trinajstić information content (AvgIpc) is 3.17. The predicted molar refractivity (Wildman–Crippen MR) is 120 cm³/mol. The molecule has 7 heteroatoms.